The summed E-state index contributed by atoms with van der Waals surface area (Å²) in [5, 5.41) is 2.93. The zero-order valence-electron chi connectivity index (χ0n) is 9.22. The normalized spacial score (nSPS) is 15.6. The Kier molecular flexibility index (Phi) is 6.34. The summed E-state index contributed by atoms with van der Waals surface area (Å²) in [6.45, 7) is 2.12. The van der Waals surface area contributed by atoms with Gasteiger partial charge in [0.1, 0.15) is 5.75 Å². The molecule has 0 spiro atoms. The molecule has 1 aliphatic rings. The molecule has 0 saturated heterocycles. The molecule has 0 unspecified atom stereocenters. The molecule has 18 heavy (non-hydrogen) atoms. The first kappa shape index (κ1) is 15.2. The Labute approximate surface area is 139 Å². The summed E-state index contributed by atoms with van der Waals surface area (Å²) in [6.07, 6.45) is -0.360. The van der Waals surface area contributed by atoms with Gasteiger partial charge in [-0.05, 0) is 68.5 Å². The summed E-state index contributed by atoms with van der Waals surface area (Å²) in [6, 6.07) is 9.15. The van der Waals surface area contributed by atoms with Gasteiger partial charge in [0.05, 0.1) is 4.06 Å². The van der Waals surface area contributed by atoms with Crippen molar-refractivity contribution in [1.29, 1.82) is 0 Å². The predicted octanol–water partition coefficient (Wildman–Crippen LogP) is 4.42. The lowest BCUT2D eigenvalue weighted by molar-refractivity contribution is 0.206. The number of carbonyl (C=O) groups is 1. The summed E-state index contributed by atoms with van der Waals surface area (Å²) in [4.78, 5) is 11.8. The Morgan fingerprint density at radius 3 is 2.67 bits per heavy atom. The topological polar surface area (TPSA) is 38.3 Å². The Hall–Kier alpha value is 0.770. The maximum absolute atomic E-state index is 11.8. The number of ether oxygens (including phenoxy) is 1. The van der Waals surface area contributed by atoms with Gasteiger partial charge in [-0.25, -0.2) is 4.79 Å². The highest BCUT2D eigenvalue weighted by atomic mass is 128. The highest BCUT2D eigenvalue weighted by Crippen LogP contribution is 2.35. The fourth-order valence-corrected chi connectivity index (χ4v) is 25.8. The first-order valence-corrected chi connectivity index (χ1v) is 16.3. The van der Waals surface area contributed by atoms with Crippen LogP contribution < -0.4 is 10.1 Å². The van der Waals surface area contributed by atoms with Gasteiger partial charge in [0.2, 0.25) is 0 Å². The molecular weight excluding hydrogens is 639 g/mol. The van der Waals surface area contributed by atoms with Crippen LogP contribution in [0.3, 0.4) is 0 Å². The van der Waals surface area contributed by atoms with E-state index in [4.69, 9.17) is 4.74 Å². The van der Waals surface area contributed by atoms with Crippen LogP contribution in [0.5, 0.6) is 5.75 Å². The molecule has 0 atom stereocenters. The number of hydrogen-bond donors (Lipinski definition) is 1. The van der Waals surface area contributed by atoms with E-state index in [1.54, 1.807) is 12.6 Å². The van der Waals surface area contributed by atoms with Gasteiger partial charge in [0.25, 0.3) is 0 Å². The predicted molar refractivity (Wildman–Crippen MR) is 107 cm³/mol. The van der Waals surface area contributed by atoms with Crippen LogP contribution in [0.1, 0.15) is 6.92 Å². The molecule has 0 fully saturated rings. The zero-order chi connectivity index (χ0) is 13.0. The molecule has 0 aromatic heterocycles. The molecule has 0 radical (unpaired) electrons. The molecule has 1 heterocycles. The number of benzene rings is 1. The standard InChI is InChI=1S/C11H9BrI3NO2/c1-7-9(14-15-10(12)13-7)16-11(17)18-8-5-3-2-4-6-8/h2-6H,1H3,(H,16,17). The van der Waals surface area contributed by atoms with E-state index in [2.05, 4.69) is 28.2 Å². The molecule has 1 aliphatic heterocycles. The van der Waals surface area contributed by atoms with E-state index in [-0.39, 0.29) is 60.3 Å². The van der Waals surface area contributed by atoms with Crippen molar-refractivity contribution in [3.05, 3.63) is 30.3 Å². The molecule has 0 saturated carbocycles. The van der Waals surface area contributed by atoms with Crippen LogP contribution in [0.15, 0.2) is 30.3 Å². The molecule has 98 valence electrons. The van der Waals surface area contributed by atoms with Crippen molar-refractivity contribution in [2.75, 3.05) is 0 Å². The highest BCUT2D eigenvalue weighted by molar-refractivity contribution is 15.1. The second-order valence-electron chi connectivity index (χ2n) is 3.13. The highest BCUT2D eigenvalue weighted by Gasteiger charge is 2.12. The Balaban J connectivity index is 1.99. The number of halogens is 4. The molecule has 0 bridgehead atoms. The number of nitrogens with one attached hydrogen (secondary N) is 1. The van der Waals surface area contributed by atoms with Gasteiger partial charge in [-0.3, -0.25) is 5.32 Å². The van der Waals surface area contributed by atoms with Crippen LogP contribution in [-0.2, 0) is 0 Å². The molecule has 3 nitrogen and oxygen atoms in total. The smallest absolute Gasteiger partial charge is 0.410 e. The van der Waals surface area contributed by atoms with Gasteiger partial charge in [-0.2, -0.15) is 0 Å². The minimum atomic E-state index is -0.360. The fraction of sp³-hybridized carbons (Fsp3) is 0.0909. The maximum Gasteiger partial charge on any atom is 0.417 e. The third-order valence-corrected chi connectivity index (χ3v) is 27.2. The Morgan fingerprint density at radius 2 is 2.00 bits per heavy atom. The second kappa shape index (κ2) is 7.53. The SMILES string of the molecule is CC1=IC(Br)=II=C1NC(=O)Oc1ccccc1. The zero-order valence-corrected chi connectivity index (χ0v) is 17.3. The number of para-hydroxylation sites is 1. The molecule has 1 aromatic carbocycles. The van der Waals surface area contributed by atoms with Gasteiger partial charge >= 0.3 is 6.09 Å². The lowest BCUT2D eigenvalue weighted by atomic mass is 10.3. The van der Waals surface area contributed by atoms with Gasteiger partial charge in [-0.1, -0.05) is 38.9 Å². The minimum absolute atomic E-state index is 0.0202. The Morgan fingerprint density at radius 1 is 1.28 bits per heavy atom. The quantitative estimate of drug-likeness (QED) is 0.483. The van der Waals surface area contributed by atoms with Gasteiger partial charge in [-0.15, -0.1) is 0 Å². The lowest BCUT2D eigenvalue weighted by Crippen LogP contribution is -2.35. The van der Waals surface area contributed by atoms with Crippen LogP contribution in [0.25, 0.3) is 0 Å². The first-order valence-electron chi connectivity index (χ1n) is 4.86. The summed E-state index contributed by atoms with van der Waals surface area (Å²) in [5.74, 6) is 0.583. The van der Waals surface area contributed by atoms with Crippen molar-refractivity contribution in [3.8, 4) is 5.75 Å². The van der Waals surface area contributed by atoms with Gasteiger partial charge < -0.3 is 4.74 Å². The van der Waals surface area contributed by atoms with E-state index in [9.17, 15) is 4.79 Å². The summed E-state index contributed by atoms with van der Waals surface area (Å²) < 4.78 is 9.32. The third-order valence-electron chi connectivity index (χ3n) is 1.84. The van der Waals surface area contributed by atoms with Crippen molar-refractivity contribution >= 4 is 83.8 Å². The van der Waals surface area contributed by atoms with Crippen LogP contribution >= 0.6 is 70.2 Å². The summed E-state index contributed by atoms with van der Waals surface area (Å²) in [5.41, 5.74) is 0. The van der Waals surface area contributed by atoms with Crippen LogP contribution in [0, 0.1) is 0 Å². The molecule has 0 aliphatic carbocycles. The summed E-state index contributed by atoms with van der Waals surface area (Å²) in [7, 11) is 0. The number of amides is 1. The van der Waals surface area contributed by atoms with Crippen molar-refractivity contribution in [2.45, 2.75) is 6.92 Å². The largest absolute Gasteiger partial charge is 0.417 e. The van der Waals surface area contributed by atoms with Crippen molar-refractivity contribution in [2.24, 2.45) is 0 Å². The third kappa shape index (κ3) is 4.71. The van der Waals surface area contributed by atoms with Crippen molar-refractivity contribution in [3.63, 3.8) is 0 Å². The van der Waals surface area contributed by atoms with Crippen molar-refractivity contribution < 1.29 is 9.53 Å². The monoisotopic (exact) mass is 647 g/mol. The maximum atomic E-state index is 11.8. The molecule has 2 rings (SSSR count). The molecule has 1 N–H and O–H groups in total. The van der Waals surface area contributed by atoms with E-state index < -0.39 is 0 Å². The van der Waals surface area contributed by atoms with Crippen LogP contribution in [-0.4, -0.2) is 13.7 Å². The molecule has 1 amide bonds. The van der Waals surface area contributed by atoms with E-state index in [1.165, 1.54) is 7.14 Å². The van der Waals surface area contributed by atoms with E-state index in [0.29, 0.717) is 5.75 Å². The Bertz CT molecular complexity index is 555. The van der Waals surface area contributed by atoms with Crippen molar-refractivity contribution in [1.82, 2.24) is 5.32 Å². The van der Waals surface area contributed by atoms with E-state index in [0.717, 1.165) is 0 Å². The average Bonchev–Trinajstić information content (AvgIpc) is 2.34. The summed E-state index contributed by atoms with van der Waals surface area (Å²) >= 11 is 3.75. The number of carbonyl (C=O) groups excluding carboxylic acids is 1. The lowest BCUT2D eigenvalue weighted by Gasteiger charge is -2.11. The van der Waals surface area contributed by atoms with Gasteiger partial charge in [0, 0.05) is 3.51 Å². The van der Waals surface area contributed by atoms with E-state index >= 15 is 0 Å². The van der Waals surface area contributed by atoms with Crippen LogP contribution in [0.4, 0.5) is 4.79 Å². The van der Waals surface area contributed by atoms with Gasteiger partial charge in [0.15, 0.2) is 0 Å². The average molecular weight is 648 g/mol. The molecular formula is C11H9BrI3NO2. The fourth-order valence-electron chi connectivity index (χ4n) is 1.09. The van der Waals surface area contributed by atoms with E-state index in [1.807, 2.05) is 18.2 Å². The molecule has 1 aromatic rings. The molecule has 7 heteroatoms. The number of hydrogen-bond acceptors (Lipinski definition) is 2. The first-order chi connectivity index (χ1) is 8.65. The second-order valence-corrected chi connectivity index (χ2v) is 20.6. The minimum Gasteiger partial charge on any atom is -0.410 e. The van der Waals surface area contributed by atoms with Crippen LogP contribution in [0.2, 0.25) is 0 Å². The number of rotatable bonds is 2.